The minimum atomic E-state index is -4.52. The minimum absolute atomic E-state index is 0.00727. The highest BCUT2D eigenvalue weighted by Gasteiger charge is 2.43. The number of nitrogens with one attached hydrogen (secondary N) is 1. The lowest BCUT2D eigenvalue weighted by Gasteiger charge is -2.28. The number of halogens is 3. The van der Waals surface area contributed by atoms with Crippen LogP contribution in [0.3, 0.4) is 0 Å². The van der Waals surface area contributed by atoms with Gasteiger partial charge >= 0.3 is 6.18 Å². The highest BCUT2D eigenvalue weighted by atomic mass is 19.4. The Morgan fingerprint density at radius 3 is 2.50 bits per heavy atom. The number of likely N-dealkylation sites (tertiary alicyclic amines) is 1. The molecule has 4 heterocycles. The summed E-state index contributed by atoms with van der Waals surface area (Å²) in [7, 11) is 1.94. The smallest absolute Gasteiger partial charge is 0.381 e. The van der Waals surface area contributed by atoms with Crippen molar-refractivity contribution in [1.82, 2.24) is 19.7 Å². The van der Waals surface area contributed by atoms with E-state index in [2.05, 4.69) is 20.4 Å². The summed E-state index contributed by atoms with van der Waals surface area (Å²) in [5.41, 5.74) is 1.11. The molecule has 2 unspecified atom stereocenters. The zero-order valence-electron chi connectivity index (χ0n) is 20.5. The summed E-state index contributed by atoms with van der Waals surface area (Å²) in [5, 5.41) is 12.3. The first kappa shape index (κ1) is 23.7. The van der Waals surface area contributed by atoms with E-state index in [1.165, 1.54) is 0 Å². The van der Waals surface area contributed by atoms with Gasteiger partial charge in [-0.25, -0.2) is 0 Å². The first-order valence-corrected chi connectivity index (χ1v) is 12.9. The van der Waals surface area contributed by atoms with E-state index in [-0.39, 0.29) is 17.6 Å². The molecule has 2 saturated heterocycles. The largest absolute Gasteiger partial charge is 0.420 e. The number of hydrogen-bond donors (Lipinski definition) is 1. The van der Waals surface area contributed by atoms with Gasteiger partial charge in [0.25, 0.3) is 0 Å². The number of anilines is 1. The van der Waals surface area contributed by atoms with Crippen molar-refractivity contribution in [3.63, 3.8) is 0 Å². The molecule has 1 aromatic carbocycles. The third-order valence-electron chi connectivity index (χ3n) is 8.31. The molecule has 9 heteroatoms. The summed E-state index contributed by atoms with van der Waals surface area (Å²) in [6.45, 7) is 4.92. The minimum Gasteiger partial charge on any atom is -0.381 e. The second kappa shape index (κ2) is 9.34. The van der Waals surface area contributed by atoms with Crippen LogP contribution in [-0.2, 0) is 18.0 Å². The van der Waals surface area contributed by atoms with Crippen LogP contribution in [0.2, 0.25) is 0 Å². The molecule has 0 amide bonds. The number of hydrogen-bond acceptors (Lipinski definition) is 5. The fourth-order valence-electron chi connectivity index (χ4n) is 6.45. The lowest BCUT2D eigenvalue weighted by molar-refractivity contribution is -0.137. The SMILES string of the molecule is Cn1ccc2cc(-c3cc(C(F)(F)F)c(NC4CC5CN(CC6CCOCC6)C[C@H]5C4)nn3)ccc21. The van der Waals surface area contributed by atoms with Crippen LogP contribution in [0, 0.1) is 17.8 Å². The average Bonchev–Trinajstić information content (AvgIpc) is 3.52. The van der Waals surface area contributed by atoms with Gasteiger partial charge in [-0.3, -0.25) is 0 Å². The van der Waals surface area contributed by atoms with Gasteiger partial charge in [-0.1, -0.05) is 6.07 Å². The van der Waals surface area contributed by atoms with Crippen molar-refractivity contribution in [1.29, 1.82) is 0 Å². The third-order valence-corrected chi connectivity index (χ3v) is 8.31. The third kappa shape index (κ3) is 4.70. The molecule has 3 aromatic rings. The van der Waals surface area contributed by atoms with E-state index in [1.807, 2.05) is 36.0 Å². The number of rotatable bonds is 5. The number of aryl methyl sites for hydroxylation is 1. The van der Waals surface area contributed by atoms with E-state index >= 15 is 0 Å². The summed E-state index contributed by atoms with van der Waals surface area (Å²) in [6.07, 6.45) is 1.42. The van der Waals surface area contributed by atoms with Crippen molar-refractivity contribution in [2.75, 3.05) is 38.2 Å². The predicted molar refractivity (Wildman–Crippen MR) is 133 cm³/mol. The van der Waals surface area contributed by atoms with Crippen molar-refractivity contribution in [2.24, 2.45) is 24.8 Å². The van der Waals surface area contributed by atoms with Gasteiger partial charge in [-0.2, -0.15) is 13.2 Å². The molecular formula is C27H32F3N5O. The van der Waals surface area contributed by atoms with Crippen molar-refractivity contribution in [3.05, 3.63) is 42.1 Å². The summed E-state index contributed by atoms with van der Waals surface area (Å²) < 4.78 is 49.6. The Hall–Kier alpha value is -2.65. The van der Waals surface area contributed by atoms with Gasteiger partial charge in [-0.05, 0) is 67.7 Å². The molecule has 0 spiro atoms. The lowest BCUT2D eigenvalue weighted by atomic mass is 10.00. The molecule has 6 rings (SSSR count). The van der Waals surface area contributed by atoms with E-state index in [4.69, 9.17) is 4.74 Å². The number of nitrogens with zero attached hydrogens (tertiary/aromatic N) is 4. The summed E-state index contributed by atoms with van der Waals surface area (Å²) in [5.74, 6) is 1.61. The molecule has 3 aliphatic rings. The predicted octanol–water partition coefficient (Wildman–Crippen LogP) is 5.20. The molecule has 192 valence electrons. The number of ether oxygens (including phenoxy) is 1. The Kier molecular flexibility index (Phi) is 6.16. The highest BCUT2D eigenvalue weighted by molar-refractivity contribution is 5.85. The molecule has 6 nitrogen and oxygen atoms in total. The fourth-order valence-corrected chi connectivity index (χ4v) is 6.45. The Balaban J connectivity index is 1.15. The van der Waals surface area contributed by atoms with Gasteiger partial charge in [0.2, 0.25) is 0 Å². The van der Waals surface area contributed by atoms with Crippen LogP contribution >= 0.6 is 0 Å². The van der Waals surface area contributed by atoms with Crippen molar-refractivity contribution in [2.45, 2.75) is 37.9 Å². The molecule has 1 aliphatic carbocycles. The Morgan fingerprint density at radius 1 is 1.03 bits per heavy atom. The van der Waals surface area contributed by atoms with Gasteiger partial charge < -0.3 is 19.5 Å². The van der Waals surface area contributed by atoms with E-state index in [0.29, 0.717) is 23.3 Å². The summed E-state index contributed by atoms with van der Waals surface area (Å²) in [4.78, 5) is 2.56. The van der Waals surface area contributed by atoms with Crippen LogP contribution in [0.5, 0.6) is 0 Å². The normalized spacial score (nSPS) is 25.5. The van der Waals surface area contributed by atoms with E-state index in [0.717, 1.165) is 75.5 Å². The quantitative estimate of drug-likeness (QED) is 0.523. The Bertz CT molecular complexity index is 1220. The van der Waals surface area contributed by atoms with Crippen LogP contribution in [0.4, 0.5) is 19.0 Å². The molecule has 0 radical (unpaired) electrons. The maximum absolute atomic E-state index is 14.1. The van der Waals surface area contributed by atoms with Gasteiger partial charge in [0.15, 0.2) is 5.82 Å². The van der Waals surface area contributed by atoms with Crippen LogP contribution in [-0.4, -0.2) is 58.6 Å². The standard InChI is InChI=1S/C27H32F3N5O/c1-34-7-4-19-10-18(2-3-25(19)34)24-13-23(27(28,29)30)26(33-32-24)31-22-11-20-15-35(16-21(20)12-22)14-17-5-8-36-9-6-17/h2-4,7,10,13,17,20-22H,5-6,8-9,11-12,14-16H2,1H3,(H,31,33)/t20-,21?,22?/m1/s1. The zero-order valence-corrected chi connectivity index (χ0v) is 20.5. The second-order valence-corrected chi connectivity index (χ2v) is 10.8. The number of alkyl halides is 3. The van der Waals surface area contributed by atoms with Gasteiger partial charge in [0.1, 0.15) is 5.56 Å². The van der Waals surface area contributed by atoms with Gasteiger partial charge in [-0.15, -0.1) is 10.2 Å². The number of aromatic nitrogens is 3. The van der Waals surface area contributed by atoms with Crippen LogP contribution in [0.25, 0.3) is 22.2 Å². The van der Waals surface area contributed by atoms with Crippen molar-refractivity contribution < 1.29 is 17.9 Å². The average molecular weight is 500 g/mol. The zero-order chi connectivity index (χ0) is 24.9. The topological polar surface area (TPSA) is 55.2 Å². The number of benzene rings is 1. The molecule has 2 aliphatic heterocycles. The first-order chi connectivity index (χ1) is 17.3. The summed E-state index contributed by atoms with van der Waals surface area (Å²) >= 11 is 0. The maximum atomic E-state index is 14.1. The molecule has 1 saturated carbocycles. The Morgan fingerprint density at radius 2 is 1.78 bits per heavy atom. The fraction of sp³-hybridized carbons (Fsp3) is 0.556. The lowest BCUT2D eigenvalue weighted by Crippen LogP contribution is -2.32. The molecule has 1 N–H and O–H groups in total. The second-order valence-electron chi connectivity index (χ2n) is 10.8. The molecular weight excluding hydrogens is 467 g/mol. The monoisotopic (exact) mass is 499 g/mol. The van der Waals surface area contributed by atoms with E-state index in [9.17, 15) is 13.2 Å². The number of fused-ring (bicyclic) bond motifs is 2. The van der Waals surface area contributed by atoms with Crippen LogP contribution < -0.4 is 5.32 Å². The molecule has 3 fully saturated rings. The van der Waals surface area contributed by atoms with Crippen LogP contribution in [0.1, 0.15) is 31.2 Å². The maximum Gasteiger partial charge on any atom is 0.420 e. The van der Waals surface area contributed by atoms with Crippen molar-refractivity contribution >= 4 is 16.7 Å². The van der Waals surface area contributed by atoms with Crippen molar-refractivity contribution in [3.8, 4) is 11.3 Å². The van der Waals surface area contributed by atoms with Gasteiger partial charge in [0, 0.05) is 68.6 Å². The van der Waals surface area contributed by atoms with E-state index in [1.54, 1.807) is 6.07 Å². The molecule has 0 bridgehead atoms. The molecule has 3 atom stereocenters. The van der Waals surface area contributed by atoms with Crippen LogP contribution in [0.15, 0.2) is 36.5 Å². The highest BCUT2D eigenvalue weighted by Crippen LogP contribution is 2.42. The molecule has 36 heavy (non-hydrogen) atoms. The van der Waals surface area contributed by atoms with E-state index < -0.39 is 11.7 Å². The summed E-state index contributed by atoms with van der Waals surface area (Å²) in [6, 6.07) is 8.61. The Labute approximate surface area is 208 Å². The first-order valence-electron chi connectivity index (χ1n) is 12.9. The molecule has 2 aromatic heterocycles. The van der Waals surface area contributed by atoms with Gasteiger partial charge in [0.05, 0.1) is 5.69 Å².